The number of hydrogen-bond donors (Lipinski definition) is 2. The number of rotatable bonds is 8. The van der Waals surface area contributed by atoms with Crippen molar-refractivity contribution >= 4 is 11.8 Å². The van der Waals surface area contributed by atoms with Crippen molar-refractivity contribution in [2.75, 3.05) is 13.2 Å². The van der Waals surface area contributed by atoms with Crippen LogP contribution in [0.2, 0.25) is 0 Å². The second-order valence-electron chi connectivity index (χ2n) is 6.18. The van der Waals surface area contributed by atoms with E-state index in [1.54, 1.807) is 0 Å². The topological polar surface area (TPSA) is 75.6 Å². The molecular formula is C18H19F4NO4. The number of aliphatic hydroxyl groups is 1. The van der Waals surface area contributed by atoms with Crippen molar-refractivity contribution < 1.29 is 37.0 Å². The zero-order valence-electron chi connectivity index (χ0n) is 14.7. The Labute approximate surface area is 153 Å². The highest BCUT2D eigenvalue weighted by Gasteiger charge is 2.38. The lowest BCUT2D eigenvalue weighted by Crippen LogP contribution is -2.28. The van der Waals surface area contributed by atoms with Gasteiger partial charge in [-0.2, -0.15) is 0 Å². The van der Waals surface area contributed by atoms with Crippen molar-refractivity contribution in [2.24, 2.45) is 0 Å². The van der Waals surface area contributed by atoms with Crippen LogP contribution in [-0.2, 0) is 9.53 Å². The van der Waals surface area contributed by atoms with Crippen molar-refractivity contribution in [1.82, 2.24) is 5.32 Å². The molecular weight excluding hydrogens is 370 g/mol. The van der Waals surface area contributed by atoms with Gasteiger partial charge in [0.2, 0.25) is 5.78 Å². The van der Waals surface area contributed by atoms with Gasteiger partial charge in [0.05, 0.1) is 13.2 Å². The molecule has 0 aliphatic heterocycles. The molecule has 1 unspecified atom stereocenters. The molecule has 2 rings (SSSR count). The van der Waals surface area contributed by atoms with E-state index in [2.05, 4.69) is 10.1 Å². The fourth-order valence-electron chi connectivity index (χ4n) is 2.42. The molecule has 0 bridgehead atoms. The van der Waals surface area contributed by atoms with Crippen LogP contribution in [0.25, 0.3) is 0 Å². The van der Waals surface area contributed by atoms with Crippen LogP contribution in [0.1, 0.15) is 48.5 Å². The molecule has 0 radical (unpaired) electrons. The number of nitrogens with one attached hydrogen (secondary N) is 1. The van der Waals surface area contributed by atoms with E-state index in [1.165, 1.54) is 13.8 Å². The van der Waals surface area contributed by atoms with Gasteiger partial charge in [0, 0.05) is 17.8 Å². The average Bonchev–Trinajstić information content (AvgIpc) is 3.45. The molecule has 1 aromatic carbocycles. The van der Waals surface area contributed by atoms with E-state index < -0.39 is 63.7 Å². The lowest BCUT2D eigenvalue weighted by molar-refractivity contribution is -0.138. The van der Waals surface area contributed by atoms with E-state index in [1.807, 2.05) is 0 Å². The predicted octanol–water partition coefficient (Wildman–Crippen LogP) is 2.72. The Morgan fingerprint density at radius 2 is 1.74 bits per heavy atom. The van der Waals surface area contributed by atoms with Gasteiger partial charge in [0.1, 0.15) is 11.1 Å². The summed E-state index contributed by atoms with van der Waals surface area (Å²) >= 11 is 0. The van der Waals surface area contributed by atoms with Crippen LogP contribution in [-0.4, -0.2) is 36.1 Å². The highest BCUT2D eigenvalue weighted by atomic mass is 19.2. The molecule has 27 heavy (non-hydrogen) atoms. The highest BCUT2D eigenvalue weighted by molar-refractivity contribution is 6.24. The standard InChI is InChI=1S/C18H19F4NO4/c1-3-27-18(26)10(6-23-8(2)7-24)17(25)12-15(21)13(19)11(9-4-5-9)14(20)16(12)22/h6,8-9,23-24H,3-5,7H2,1-2H3. The van der Waals surface area contributed by atoms with Crippen molar-refractivity contribution in [3.05, 3.63) is 46.2 Å². The number of aliphatic hydroxyl groups excluding tert-OH is 1. The first-order valence-corrected chi connectivity index (χ1v) is 8.39. The minimum atomic E-state index is -1.86. The third-order valence-electron chi connectivity index (χ3n) is 4.04. The van der Waals surface area contributed by atoms with Crippen LogP contribution in [0.5, 0.6) is 0 Å². The Morgan fingerprint density at radius 1 is 1.19 bits per heavy atom. The van der Waals surface area contributed by atoms with E-state index in [0.29, 0.717) is 12.8 Å². The monoisotopic (exact) mass is 389 g/mol. The Hall–Kier alpha value is -2.42. The number of ether oxygens (including phenoxy) is 1. The number of carbonyl (C=O) groups is 2. The minimum Gasteiger partial charge on any atom is -0.462 e. The lowest BCUT2D eigenvalue weighted by atomic mass is 9.98. The summed E-state index contributed by atoms with van der Waals surface area (Å²) in [5, 5.41) is 11.4. The maximum Gasteiger partial charge on any atom is 0.343 e. The molecule has 1 fully saturated rings. The summed E-state index contributed by atoms with van der Waals surface area (Å²) < 4.78 is 61.8. The number of esters is 1. The van der Waals surface area contributed by atoms with Gasteiger partial charge < -0.3 is 15.2 Å². The molecule has 1 saturated carbocycles. The molecule has 2 N–H and O–H groups in total. The van der Waals surface area contributed by atoms with Crippen molar-refractivity contribution in [3.63, 3.8) is 0 Å². The van der Waals surface area contributed by atoms with Crippen LogP contribution < -0.4 is 5.32 Å². The fraction of sp³-hybridized carbons (Fsp3) is 0.444. The van der Waals surface area contributed by atoms with Crippen LogP contribution in [0, 0.1) is 23.3 Å². The van der Waals surface area contributed by atoms with Gasteiger partial charge in [-0.05, 0) is 32.6 Å². The zero-order chi connectivity index (χ0) is 20.3. The van der Waals surface area contributed by atoms with E-state index in [-0.39, 0.29) is 13.2 Å². The summed E-state index contributed by atoms with van der Waals surface area (Å²) in [4.78, 5) is 24.5. The second-order valence-corrected chi connectivity index (χ2v) is 6.18. The molecule has 0 spiro atoms. The van der Waals surface area contributed by atoms with Gasteiger partial charge in [-0.3, -0.25) is 4.79 Å². The van der Waals surface area contributed by atoms with E-state index in [9.17, 15) is 27.2 Å². The molecule has 1 aromatic rings. The van der Waals surface area contributed by atoms with Crippen molar-refractivity contribution in [3.8, 4) is 0 Å². The van der Waals surface area contributed by atoms with Crippen molar-refractivity contribution in [2.45, 2.75) is 38.6 Å². The first-order valence-electron chi connectivity index (χ1n) is 8.39. The van der Waals surface area contributed by atoms with E-state index in [0.717, 1.165) is 6.20 Å². The molecule has 148 valence electrons. The van der Waals surface area contributed by atoms with Crippen LogP contribution in [0.15, 0.2) is 11.8 Å². The summed E-state index contributed by atoms with van der Waals surface area (Å²) in [7, 11) is 0. The van der Waals surface area contributed by atoms with Gasteiger partial charge in [0.15, 0.2) is 23.3 Å². The number of halogens is 4. The Morgan fingerprint density at radius 3 is 2.19 bits per heavy atom. The molecule has 1 atom stereocenters. The summed E-state index contributed by atoms with van der Waals surface area (Å²) in [6.45, 7) is 2.42. The van der Waals surface area contributed by atoms with Gasteiger partial charge in [-0.25, -0.2) is 22.4 Å². The Bertz CT molecular complexity index is 761. The normalized spacial score (nSPS) is 15.4. The van der Waals surface area contributed by atoms with Crippen LogP contribution >= 0.6 is 0 Å². The van der Waals surface area contributed by atoms with E-state index in [4.69, 9.17) is 5.11 Å². The number of carbonyl (C=O) groups excluding carboxylic acids is 2. The smallest absolute Gasteiger partial charge is 0.343 e. The third-order valence-corrected chi connectivity index (χ3v) is 4.04. The number of Topliss-reactive ketones (excluding diaryl/α,β-unsaturated/α-hetero) is 1. The fourth-order valence-corrected chi connectivity index (χ4v) is 2.42. The summed E-state index contributed by atoms with van der Waals surface area (Å²) in [5.74, 6) is -10.4. The largest absolute Gasteiger partial charge is 0.462 e. The summed E-state index contributed by atoms with van der Waals surface area (Å²) in [6, 6.07) is -0.609. The zero-order valence-corrected chi connectivity index (χ0v) is 14.7. The molecule has 1 aliphatic carbocycles. The molecule has 9 heteroatoms. The maximum absolute atomic E-state index is 14.4. The van der Waals surface area contributed by atoms with Crippen LogP contribution in [0.3, 0.4) is 0 Å². The predicted molar refractivity (Wildman–Crippen MR) is 87.0 cm³/mol. The third kappa shape index (κ3) is 4.29. The van der Waals surface area contributed by atoms with Crippen molar-refractivity contribution in [1.29, 1.82) is 0 Å². The molecule has 5 nitrogen and oxygen atoms in total. The second kappa shape index (κ2) is 8.51. The van der Waals surface area contributed by atoms with Gasteiger partial charge in [-0.1, -0.05) is 0 Å². The molecule has 0 aromatic heterocycles. The Balaban J connectivity index is 2.53. The van der Waals surface area contributed by atoms with Gasteiger partial charge in [-0.15, -0.1) is 0 Å². The SMILES string of the molecule is CCOC(=O)C(=CNC(C)CO)C(=O)c1c(F)c(F)c(C2CC2)c(F)c1F. The first-order chi connectivity index (χ1) is 12.7. The average molecular weight is 389 g/mol. The van der Waals surface area contributed by atoms with Gasteiger partial charge >= 0.3 is 5.97 Å². The lowest BCUT2D eigenvalue weighted by Gasteiger charge is -2.13. The highest BCUT2D eigenvalue weighted by Crippen LogP contribution is 2.44. The summed E-state index contributed by atoms with van der Waals surface area (Å²) in [5.41, 5.74) is -3.09. The van der Waals surface area contributed by atoms with Gasteiger partial charge in [0.25, 0.3) is 0 Å². The Kier molecular flexibility index (Phi) is 6.59. The number of benzene rings is 1. The molecule has 0 saturated heterocycles. The van der Waals surface area contributed by atoms with Crippen LogP contribution in [0.4, 0.5) is 17.6 Å². The van der Waals surface area contributed by atoms with E-state index >= 15 is 0 Å². The minimum absolute atomic E-state index is 0.146. The number of hydrogen-bond acceptors (Lipinski definition) is 5. The maximum atomic E-state index is 14.4. The molecule has 1 aliphatic rings. The quantitative estimate of drug-likeness (QED) is 0.136. The molecule has 0 heterocycles. The number of ketones is 1. The molecule has 0 amide bonds. The summed E-state index contributed by atoms with van der Waals surface area (Å²) in [6.07, 6.45) is 1.57. The first kappa shape index (κ1) is 20.9.